The Morgan fingerprint density at radius 1 is 1.29 bits per heavy atom. The summed E-state index contributed by atoms with van der Waals surface area (Å²) in [6, 6.07) is -0.169. The molecule has 0 aromatic carbocycles. The molecule has 3 atom stereocenters. The molecule has 4 bridgehead atoms. The lowest BCUT2D eigenvalue weighted by atomic mass is 9.72. The van der Waals surface area contributed by atoms with Gasteiger partial charge < -0.3 is 15.2 Å². The van der Waals surface area contributed by atoms with Crippen LogP contribution in [0.2, 0.25) is 0 Å². The van der Waals surface area contributed by atoms with Crippen LogP contribution >= 0.6 is 0 Å². The van der Waals surface area contributed by atoms with Gasteiger partial charge in [-0.05, 0) is 82.5 Å². The lowest BCUT2D eigenvalue weighted by Gasteiger charge is -2.36. The molecule has 4 fully saturated rings. The second-order valence-corrected chi connectivity index (χ2v) is 8.64. The molecule has 0 radical (unpaired) electrons. The van der Waals surface area contributed by atoms with Crippen molar-refractivity contribution in [1.29, 1.82) is 0 Å². The SMILES string of the molecule is CC(C)(C)OC(=O)NC(CO)CC12CC3CC(CC1C3)C2. The third-order valence-electron chi connectivity index (χ3n) is 5.75. The maximum atomic E-state index is 11.9. The molecule has 0 heterocycles. The Morgan fingerprint density at radius 3 is 2.43 bits per heavy atom. The highest BCUT2D eigenvalue weighted by molar-refractivity contribution is 5.68. The number of hydrogen-bond acceptors (Lipinski definition) is 3. The lowest BCUT2D eigenvalue weighted by Crippen LogP contribution is -2.44. The van der Waals surface area contributed by atoms with E-state index in [4.69, 9.17) is 4.74 Å². The highest BCUT2D eigenvalue weighted by atomic mass is 16.6. The van der Waals surface area contributed by atoms with E-state index in [1.54, 1.807) is 0 Å². The minimum atomic E-state index is -0.493. The van der Waals surface area contributed by atoms with Gasteiger partial charge in [0.25, 0.3) is 0 Å². The minimum absolute atomic E-state index is 0.00302. The van der Waals surface area contributed by atoms with Gasteiger partial charge in [-0.1, -0.05) is 0 Å². The molecular formula is C17H29NO3. The summed E-state index contributed by atoms with van der Waals surface area (Å²) in [5.41, 5.74) is -0.108. The van der Waals surface area contributed by atoms with Gasteiger partial charge in [0.2, 0.25) is 0 Å². The Labute approximate surface area is 127 Å². The molecule has 4 aliphatic carbocycles. The monoisotopic (exact) mass is 295 g/mol. The fourth-order valence-corrected chi connectivity index (χ4v) is 5.42. The third kappa shape index (κ3) is 3.05. The van der Waals surface area contributed by atoms with Gasteiger partial charge >= 0.3 is 6.09 Å². The molecule has 2 N–H and O–H groups in total. The van der Waals surface area contributed by atoms with Crippen LogP contribution in [0.5, 0.6) is 0 Å². The highest BCUT2D eigenvalue weighted by Gasteiger charge is 2.57. The first kappa shape index (κ1) is 15.1. The molecule has 1 amide bonds. The first-order valence-corrected chi connectivity index (χ1v) is 8.40. The largest absolute Gasteiger partial charge is 0.444 e. The quantitative estimate of drug-likeness (QED) is 0.838. The predicted molar refractivity (Wildman–Crippen MR) is 80.8 cm³/mol. The van der Waals surface area contributed by atoms with Crippen LogP contribution in [0, 0.1) is 23.2 Å². The maximum Gasteiger partial charge on any atom is 0.407 e. The van der Waals surface area contributed by atoms with E-state index < -0.39 is 11.7 Å². The Bertz CT molecular complexity index is 401. The first-order chi connectivity index (χ1) is 9.79. The zero-order valence-electron chi connectivity index (χ0n) is 13.5. The zero-order chi connectivity index (χ0) is 15.3. The van der Waals surface area contributed by atoms with Crippen molar-refractivity contribution in [3.63, 3.8) is 0 Å². The van der Waals surface area contributed by atoms with Gasteiger partial charge in [-0.3, -0.25) is 0 Å². The Balaban J connectivity index is 1.59. The molecule has 4 rings (SSSR count). The van der Waals surface area contributed by atoms with Gasteiger partial charge in [-0.15, -0.1) is 0 Å². The zero-order valence-corrected chi connectivity index (χ0v) is 13.5. The number of aliphatic hydroxyl groups is 1. The molecule has 4 saturated carbocycles. The van der Waals surface area contributed by atoms with Crippen LogP contribution in [0.4, 0.5) is 4.79 Å². The van der Waals surface area contributed by atoms with Crippen molar-refractivity contribution in [1.82, 2.24) is 5.32 Å². The highest BCUT2D eigenvalue weighted by Crippen LogP contribution is 2.66. The van der Waals surface area contributed by atoms with Gasteiger partial charge in [0.05, 0.1) is 12.6 Å². The summed E-state index contributed by atoms with van der Waals surface area (Å²) in [6.45, 7) is 5.58. The summed E-state index contributed by atoms with van der Waals surface area (Å²) >= 11 is 0. The van der Waals surface area contributed by atoms with Crippen LogP contribution in [0.25, 0.3) is 0 Å². The smallest absolute Gasteiger partial charge is 0.407 e. The van der Waals surface area contributed by atoms with Crippen LogP contribution in [0.3, 0.4) is 0 Å². The summed E-state index contributed by atoms with van der Waals surface area (Å²) < 4.78 is 5.31. The van der Waals surface area contributed by atoms with E-state index in [0.29, 0.717) is 5.41 Å². The van der Waals surface area contributed by atoms with Gasteiger partial charge in [-0.2, -0.15) is 0 Å². The standard InChI is InChI=1S/C17H29NO3/c1-16(2,3)21-15(20)18-14(10-19)9-17-7-11-4-12(8-17)6-13(17)5-11/h11-14,19H,4-10H2,1-3H3,(H,18,20). The fraction of sp³-hybridized carbons (Fsp3) is 0.941. The van der Waals surface area contributed by atoms with Gasteiger partial charge in [0.1, 0.15) is 5.60 Å². The molecule has 3 unspecified atom stereocenters. The molecule has 4 heteroatoms. The Morgan fingerprint density at radius 2 is 1.90 bits per heavy atom. The number of aliphatic hydroxyl groups excluding tert-OH is 1. The molecule has 0 aromatic heterocycles. The number of carbonyl (C=O) groups excluding carboxylic acids is 1. The van der Waals surface area contributed by atoms with Crippen molar-refractivity contribution < 1.29 is 14.6 Å². The van der Waals surface area contributed by atoms with Crippen molar-refractivity contribution in [2.24, 2.45) is 23.2 Å². The van der Waals surface area contributed by atoms with E-state index in [1.165, 1.54) is 32.1 Å². The van der Waals surface area contributed by atoms with E-state index in [2.05, 4.69) is 5.32 Å². The first-order valence-electron chi connectivity index (χ1n) is 8.40. The van der Waals surface area contributed by atoms with Crippen LogP contribution in [-0.2, 0) is 4.74 Å². The van der Waals surface area contributed by atoms with E-state index in [1.807, 2.05) is 20.8 Å². The second kappa shape index (κ2) is 5.15. The van der Waals surface area contributed by atoms with Crippen LogP contribution < -0.4 is 5.32 Å². The Kier molecular flexibility index (Phi) is 3.71. The molecule has 4 nitrogen and oxygen atoms in total. The van der Waals surface area contributed by atoms with Crippen molar-refractivity contribution >= 4 is 6.09 Å². The third-order valence-corrected chi connectivity index (χ3v) is 5.75. The molecule has 0 aromatic rings. The average Bonchev–Trinajstić information content (AvgIpc) is 2.70. The van der Waals surface area contributed by atoms with Crippen molar-refractivity contribution in [2.75, 3.05) is 6.61 Å². The van der Waals surface area contributed by atoms with E-state index in [9.17, 15) is 9.90 Å². The summed E-state index contributed by atoms with van der Waals surface area (Å²) in [4.78, 5) is 11.9. The molecule has 4 aliphatic rings. The van der Waals surface area contributed by atoms with Crippen molar-refractivity contribution in [3.05, 3.63) is 0 Å². The van der Waals surface area contributed by atoms with E-state index in [0.717, 1.165) is 24.2 Å². The Hall–Kier alpha value is -0.770. The van der Waals surface area contributed by atoms with Gasteiger partial charge in [0, 0.05) is 0 Å². The molecular weight excluding hydrogens is 266 g/mol. The van der Waals surface area contributed by atoms with Gasteiger partial charge in [-0.25, -0.2) is 4.79 Å². The molecule has 0 saturated heterocycles. The van der Waals surface area contributed by atoms with Crippen molar-refractivity contribution in [2.45, 2.75) is 70.9 Å². The van der Waals surface area contributed by atoms with E-state index in [-0.39, 0.29) is 12.6 Å². The number of hydrogen-bond donors (Lipinski definition) is 2. The second-order valence-electron chi connectivity index (χ2n) is 8.64. The average molecular weight is 295 g/mol. The number of ether oxygens (including phenoxy) is 1. The number of rotatable bonds is 4. The van der Waals surface area contributed by atoms with Gasteiger partial charge in [0.15, 0.2) is 0 Å². The molecule has 21 heavy (non-hydrogen) atoms. The van der Waals surface area contributed by atoms with Crippen LogP contribution in [-0.4, -0.2) is 29.4 Å². The molecule has 0 aliphatic heterocycles. The molecule has 0 spiro atoms. The van der Waals surface area contributed by atoms with Crippen LogP contribution in [0.1, 0.15) is 59.3 Å². The predicted octanol–water partition coefficient (Wildman–Crippen LogP) is 3.09. The summed E-state index contributed by atoms with van der Waals surface area (Å²) in [6.07, 6.45) is 7.29. The lowest BCUT2D eigenvalue weighted by molar-refractivity contribution is 0.0441. The normalized spacial score (nSPS) is 38.6. The summed E-state index contributed by atoms with van der Waals surface area (Å²) in [7, 11) is 0. The van der Waals surface area contributed by atoms with Crippen molar-refractivity contribution in [3.8, 4) is 0 Å². The number of carbonyl (C=O) groups is 1. The van der Waals surface area contributed by atoms with Crippen LogP contribution in [0.15, 0.2) is 0 Å². The molecule has 120 valence electrons. The topological polar surface area (TPSA) is 58.6 Å². The summed E-state index contributed by atoms with van der Waals surface area (Å²) in [5.74, 6) is 2.64. The number of amides is 1. The number of alkyl carbamates (subject to hydrolysis) is 1. The number of nitrogens with one attached hydrogen (secondary N) is 1. The fourth-order valence-electron chi connectivity index (χ4n) is 5.42. The minimum Gasteiger partial charge on any atom is -0.444 e. The maximum absolute atomic E-state index is 11.9. The summed E-state index contributed by atoms with van der Waals surface area (Å²) in [5, 5.41) is 12.5. The van der Waals surface area contributed by atoms with E-state index >= 15 is 0 Å².